The predicted octanol–water partition coefficient (Wildman–Crippen LogP) is 2.33. The van der Waals surface area contributed by atoms with Crippen molar-refractivity contribution < 1.29 is 28.6 Å². The number of benzene rings is 2. The summed E-state index contributed by atoms with van der Waals surface area (Å²) < 4.78 is 25.7. The van der Waals surface area contributed by atoms with E-state index in [4.69, 9.17) is 9.47 Å². The molecule has 1 aromatic heterocycles. The molecule has 3 heterocycles. The maximum absolute atomic E-state index is 13.2. The number of hydrogen-bond donors (Lipinski definition) is 3. The summed E-state index contributed by atoms with van der Waals surface area (Å²) in [5, 5.41) is 15.9. The van der Waals surface area contributed by atoms with Crippen LogP contribution >= 0.6 is 0 Å². The van der Waals surface area contributed by atoms with Gasteiger partial charge in [-0.1, -0.05) is 42.5 Å². The molecule has 10 nitrogen and oxygen atoms in total. The Labute approximate surface area is 211 Å². The highest BCUT2D eigenvalue weighted by Crippen LogP contribution is 2.37. The Balaban J connectivity index is 1.41. The Hall–Kier alpha value is -4.25. The average molecular weight is 509 g/mol. The van der Waals surface area contributed by atoms with Crippen molar-refractivity contribution in [3.8, 4) is 5.75 Å². The molecule has 2 amide bonds. The number of alkyl carbamates (subject to hydrolysis) is 1. The molecule has 37 heavy (non-hydrogen) atoms. The van der Waals surface area contributed by atoms with E-state index in [1.165, 1.54) is 28.8 Å². The lowest BCUT2D eigenvalue weighted by molar-refractivity contribution is 0.0774. The molecule has 1 saturated heterocycles. The largest absolute Gasteiger partial charge is 0.501 e. The van der Waals surface area contributed by atoms with E-state index in [1.54, 1.807) is 0 Å². The molecule has 1 fully saturated rings. The Morgan fingerprint density at radius 3 is 2.68 bits per heavy atom. The first-order valence-electron chi connectivity index (χ1n) is 11.8. The lowest BCUT2D eigenvalue weighted by atomic mass is 9.94. The van der Waals surface area contributed by atoms with Gasteiger partial charge >= 0.3 is 6.09 Å². The number of aromatic nitrogens is 2. The quantitative estimate of drug-likeness (QED) is 0.466. The molecule has 2 bridgehead atoms. The zero-order valence-corrected chi connectivity index (χ0v) is 19.8. The van der Waals surface area contributed by atoms with Crippen LogP contribution in [0.25, 0.3) is 0 Å². The normalized spacial score (nSPS) is 20.0. The lowest BCUT2D eigenvalue weighted by Crippen LogP contribution is -2.50. The molecular weight excluding hydrogens is 483 g/mol. The van der Waals surface area contributed by atoms with Crippen LogP contribution in [0.5, 0.6) is 5.75 Å². The summed E-state index contributed by atoms with van der Waals surface area (Å²) in [6.45, 7) is 0.282. The standard InChI is InChI=1S/C26H25FN4O6/c27-18-8-6-16(7-9-18)13-28-22(33)20-21(32)23(34)31-11-10-19-12-26(15-37-19,24(31)29-20)30-25(35)36-14-17-4-2-1-3-5-17/h1-9,19,32H,10-15H2,(H,28,33)(H,30,35). The molecule has 2 atom stereocenters. The number of nitrogens with one attached hydrogen (secondary N) is 2. The number of carbonyl (C=O) groups is 2. The van der Waals surface area contributed by atoms with Gasteiger partial charge in [-0.15, -0.1) is 0 Å². The summed E-state index contributed by atoms with van der Waals surface area (Å²) in [7, 11) is 0. The predicted molar refractivity (Wildman–Crippen MR) is 128 cm³/mol. The van der Waals surface area contributed by atoms with Crippen molar-refractivity contribution in [3.63, 3.8) is 0 Å². The Morgan fingerprint density at radius 1 is 1.16 bits per heavy atom. The van der Waals surface area contributed by atoms with E-state index in [1.807, 2.05) is 30.3 Å². The van der Waals surface area contributed by atoms with E-state index in [0.29, 0.717) is 18.4 Å². The molecule has 3 aromatic rings. The maximum atomic E-state index is 13.2. The Kier molecular flexibility index (Phi) is 6.62. The molecule has 2 aliphatic rings. The Morgan fingerprint density at radius 2 is 1.92 bits per heavy atom. The zero-order valence-electron chi connectivity index (χ0n) is 19.8. The first kappa shape index (κ1) is 24.4. The number of nitrogens with zero attached hydrogens (tertiary/aromatic N) is 2. The minimum atomic E-state index is -1.23. The van der Waals surface area contributed by atoms with Crippen LogP contribution in [-0.2, 0) is 34.7 Å². The molecule has 0 saturated carbocycles. The number of ether oxygens (including phenoxy) is 2. The average Bonchev–Trinajstić information content (AvgIpc) is 3.24. The molecule has 0 radical (unpaired) electrons. The van der Waals surface area contributed by atoms with Gasteiger partial charge in [-0.05, 0) is 29.7 Å². The maximum Gasteiger partial charge on any atom is 0.408 e. The molecule has 3 N–H and O–H groups in total. The van der Waals surface area contributed by atoms with Crippen molar-refractivity contribution in [1.82, 2.24) is 20.2 Å². The van der Waals surface area contributed by atoms with Crippen LogP contribution in [0.1, 0.15) is 40.3 Å². The van der Waals surface area contributed by atoms with E-state index < -0.39 is 40.4 Å². The molecule has 11 heteroatoms. The summed E-state index contributed by atoms with van der Waals surface area (Å²) >= 11 is 0. The van der Waals surface area contributed by atoms with Gasteiger partial charge in [-0.3, -0.25) is 14.2 Å². The lowest BCUT2D eigenvalue weighted by Gasteiger charge is -2.29. The summed E-state index contributed by atoms with van der Waals surface area (Å²) in [6, 6.07) is 14.7. The summed E-state index contributed by atoms with van der Waals surface area (Å²) in [4.78, 5) is 43.2. The first-order chi connectivity index (χ1) is 17.8. The molecule has 0 aliphatic carbocycles. The fourth-order valence-corrected chi connectivity index (χ4v) is 4.62. The zero-order chi connectivity index (χ0) is 26.0. The minimum absolute atomic E-state index is 0.0198. The third kappa shape index (κ3) is 5.03. The third-order valence-electron chi connectivity index (χ3n) is 6.53. The monoisotopic (exact) mass is 508 g/mol. The van der Waals surface area contributed by atoms with Gasteiger partial charge in [0, 0.05) is 19.5 Å². The highest BCUT2D eigenvalue weighted by atomic mass is 19.1. The van der Waals surface area contributed by atoms with Crippen molar-refractivity contribution >= 4 is 12.0 Å². The summed E-state index contributed by atoms with van der Waals surface area (Å²) in [5.41, 5.74) is -1.07. The van der Waals surface area contributed by atoms with Crippen LogP contribution in [0, 0.1) is 5.82 Å². The van der Waals surface area contributed by atoms with Crippen LogP contribution < -0.4 is 16.2 Å². The fraction of sp³-hybridized carbons (Fsp3) is 0.308. The van der Waals surface area contributed by atoms with Crippen LogP contribution in [0.4, 0.5) is 9.18 Å². The van der Waals surface area contributed by atoms with Crippen molar-refractivity contribution in [2.75, 3.05) is 6.61 Å². The second-order valence-corrected chi connectivity index (χ2v) is 9.09. The molecule has 5 rings (SSSR count). The fourth-order valence-electron chi connectivity index (χ4n) is 4.62. The number of aromatic hydroxyl groups is 1. The molecular formula is C26H25FN4O6. The minimum Gasteiger partial charge on any atom is -0.501 e. The van der Waals surface area contributed by atoms with Crippen molar-refractivity contribution in [1.29, 1.82) is 0 Å². The van der Waals surface area contributed by atoms with Crippen molar-refractivity contribution in [2.24, 2.45) is 0 Å². The Bertz CT molecular complexity index is 1380. The number of halogens is 1. The molecule has 2 aliphatic heterocycles. The molecule has 192 valence electrons. The van der Waals surface area contributed by atoms with Gasteiger partial charge in [-0.2, -0.15) is 0 Å². The molecule has 0 spiro atoms. The number of fused-ring (bicyclic) bond motifs is 4. The first-order valence-corrected chi connectivity index (χ1v) is 11.8. The van der Waals surface area contributed by atoms with Gasteiger partial charge in [0.15, 0.2) is 5.69 Å². The molecule has 2 unspecified atom stereocenters. The number of rotatable bonds is 6. The van der Waals surface area contributed by atoms with Gasteiger partial charge in [0.1, 0.15) is 23.8 Å². The summed E-state index contributed by atoms with van der Waals surface area (Å²) in [5.74, 6) is -1.88. The highest BCUT2D eigenvalue weighted by Gasteiger charge is 2.49. The number of amides is 2. The van der Waals surface area contributed by atoms with Gasteiger partial charge < -0.3 is 25.2 Å². The number of hydrogen-bond acceptors (Lipinski definition) is 7. The van der Waals surface area contributed by atoms with E-state index in [-0.39, 0.29) is 38.2 Å². The van der Waals surface area contributed by atoms with Crippen LogP contribution in [-0.4, -0.2) is 39.4 Å². The highest BCUT2D eigenvalue weighted by molar-refractivity contribution is 5.94. The van der Waals surface area contributed by atoms with Gasteiger partial charge in [-0.25, -0.2) is 14.2 Å². The van der Waals surface area contributed by atoms with Gasteiger partial charge in [0.05, 0.1) is 12.7 Å². The topological polar surface area (TPSA) is 132 Å². The van der Waals surface area contributed by atoms with Crippen LogP contribution in [0.3, 0.4) is 0 Å². The van der Waals surface area contributed by atoms with Crippen molar-refractivity contribution in [2.45, 2.75) is 44.2 Å². The molecule has 2 aromatic carbocycles. The van der Waals surface area contributed by atoms with E-state index in [9.17, 15) is 23.9 Å². The van der Waals surface area contributed by atoms with E-state index in [2.05, 4.69) is 15.6 Å². The van der Waals surface area contributed by atoms with E-state index >= 15 is 0 Å². The van der Waals surface area contributed by atoms with Crippen molar-refractivity contribution in [3.05, 3.63) is 93.4 Å². The second kappa shape index (κ2) is 10.0. The third-order valence-corrected chi connectivity index (χ3v) is 6.53. The van der Waals surface area contributed by atoms with Gasteiger partial charge in [0.2, 0.25) is 5.75 Å². The number of carbonyl (C=O) groups excluding carboxylic acids is 2. The summed E-state index contributed by atoms with van der Waals surface area (Å²) in [6.07, 6.45) is -0.201. The second-order valence-electron chi connectivity index (χ2n) is 9.09. The van der Waals surface area contributed by atoms with Gasteiger partial charge in [0.25, 0.3) is 11.5 Å². The van der Waals surface area contributed by atoms with Crippen LogP contribution in [0.15, 0.2) is 59.4 Å². The van der Waals surface area contributed by atoms with Crippen LogP contribution in [0.2, 0.25) is 0 Å². The van der Waals surface area contributed by atoms with E-state index in [0.717, 1.165) is 5.56 Å². The SMILES string of the molecule is O=C(NC12COC(CCn3c1nc(C(=O)NCc1ccc(F)cc1)c(O)c3=O)C2)OCc1ccccc1. The smallest absolute Gasteiger partial charge is 0.408 e.